The Morgan fingerprint density at radius 2 is 1.74 bits per heavy atom. The number of piperazine rings is 1. The molecule has 144 valence electrons. The van der Waals surface area contributed by atoms with Crippen molar-refractivity contribution in [3.05, 3.63) is 59.7 Å². The molecule has 0 radical (unpaired) electrons. The third kappa shape index (κ3) is 3.99. The lowest BCUT2D eigenvalue weighted by Gasteiger charge is -2.34. The Balaban J connectivity index is 1.80. The zero-order valence-corrected chi connectivity index (χ0v) is 16.7. The molecule has 1 fully saturated rings. The molecule has 7 heteroatoms. The summed E-state index contributed by atoms with van der Waals surface area (Å²) in [6.45, 7) is 6.16. The van der Waals surface area contributed by atoms with E-state index in [1.165, 1.54) is 11.4 Å². The van der Waals surface area contributed by atoms with E-state index in [0.29, 0.717) is 17.8 Å². The summed E-state index contributed by atoms with van der Waals surface area (Å²) in [7, 11) is -2.12. The molecule has 1 amide bonds. The number of carbonyl (C=O) groups excluding carboxylic acids is 1. The molecule has 1 aliphatic rings. The molecule has 0 unspecified atom stereocenters. The maximum atomic E-state index is 12.8. The van der Waals surface area contributed by atoms with Gasteiger partial charge in [0.15, 0.2) is 0 Å². The molecular weight excluding hydrogens is 362 g/mol. The fraction of sp³-hybridized carbons (Fsp3) is 0.350. The van der Waals surface area contributed by atoms with Crippen molar-refractivity contribution in [1.82, 2.24) is 10.2 Å². The number of hydrogen-bond donors (Lipinski definition) is 1. The maximum Gasteiger partial charge on any atom is 0.264 e. The summed E-state index contributed by atoms with van der Waals surface area (Å²) >= 11 is 0. The number of anilines is 1. The van der Waals surface area contributed by atoms with Gasteiger partial charge >= 0.3 is 0 Å². The van der Waals surface area contributed by atoms with Crippen LogP contribution in [0.1, 0.15) is 22.8 Å². The predicted molar refractivity (Wildman–Crippen MR) is 107 cm³/mol. The lowest BCUT2D eigenvalue weighted by Crippen LogP contribution is -2.52. The molecule has 0 bridgehead atoms. The van der Waals surface area contributed by atoms with Crippen molar-refractivity contribution in [2.75, 3.05) is 31.0 Å². The third-order valence-corrected chi connectivity index (χ3v) is 6.72. The van der Waals surface area contributed by atoms with Crippen LogP contribution in [0.25, 0.3) is 0 Å². The number of nitrogens with one attached hydrogen (secondary N) is 1. The van der Waals surface area contributed by atoms with Crippen LogP contribution in [0.5, 0.6) is 0 Å². The normalized spacial score (nSPS) is 17.6. The number of sulfonamides is 1. The smallest absolute Gasteiger partial charge is 0.264 e. The van der Waals surface area contributed by atoms with Crippen molar-refractivity contribution >= 4 is 21.6 Å². The standard InChI is InChI=1S/C20H25N3O3S/c1-15-4-10-19(11-5-15)27(25,26)22(3)18-8-6-17(7-9-18)20(24)23-13-12-21-14-16(23)2/h4-11,16,21H,12-14H2,1-3H3/t16-/m0/s1. The quantitative estimate of drug-likeness (QED) is 0.874. The third-order valence-electron chi connectivity index (χ3n) is 4.92. The first-order valence-electron chi connectivity index (χ1n) is 8.98. The first-order chi connectivity index (χ1) is 12.8. The number of aryl methyl sites for hydroxylation is 1. The SMILES string of the molecule is Cc1ccc(S(=O)(=O)N(C)c2ccc(C(=O)N3CCNC[C@@H]3C)cc2)cc1. The van der Waals surface area contributed by atoms with Crippen LogP contribution >= 0.6 is 0 Å². The number of nitrogens with zero attached hydrogens (tertiary/aromatic N) is 2. The van der Waals surface area contributed by atoms with Gasteiger partial charge in [-0.25, -0.2) is 8.42 Å². The zero-order valence-electron chi connectivity index (χ0n) is 15.8. The van der Waals surface area contributed by atoms with Gasteiger partial charge in [0.1, 0.15) is 0 Å². The summed E-state index contributed by atoms with van der Waals surface area (Å²) in [5.74, 6) is -0.0282. The van der Waals surface area contributed by atoms with Crippen molar-refractivity contribution in [2.45, 2.75) is 24.8 Å². The molecule has 27 heavy (non-hydrogen) atoms. The highest BCUT2D eigenvalue weighted by atomic mass is 32.2. The first kappa shape index (κ1) is 19.4. The Hall–Kier alpha value is -2.38. The summed E-state index contributed by atoms with van der Waals surface area (Å²) in [6, 6.07) is 13.6. The first-order valence-corrected chi connectivity index (χ1v) is 10.4. The van der Waals surface area contributed by atoms with E-state index < -0.39 is 10.0 Å². The van der Waals surface area contributed by atoms with Gasteiger partial charge in [0.2, 0.25) is 0 Å². The van der Waals surface area contributed by atoms with Gasteiger partial charge in [-0.15, -0.1) is 0 Å². The van der Waals surface area contributed by atoms with Gasteiger partial charge in [0, 0.05) is 38.3 Å². The van der Waals surface area contributed by atoms with Gasteiger partial charge < -0.3 is 10.2 Å². The average molecular weight is 388 g/mol. The van der Waals surface area contributed by atoms with Gasteiger partial charge in [0.05, 0.1) is 10.6 Å². The molecule has 1 heterocycles. The maximum absolute atomic E-state index is 12.8. The second kappa shape index (κ2) is 7.70. The fourth-order valence-corrected chi connectivity index (χ4v) is 4.33. The number of amides is 1. The van der Waals surface area contributed by atoms with Crippen LogP contribution in [0.4, 0.5) is 5.69 Å². The molecule has 1 saturated heterocycles. The molecule has 0 saturated carbocycles. The van der Waals surface area contributed by atoms with Crippen molar-refractivity contribution in [3.63, 3.8) is 0 Å². The Kier molecular flexibility index (Phi) is 5.53. The van der Waals surface area contributed by atoms with E-state index in [1.807, 2.05) is 18.7 Å². The van der Waals surface area contributed by atoms with Gasteiger partial charge in [-0.3, -0.25) is 9.10 Å². The van der Waals surface area contributed by atoms with Crippen LogP contribution in [0.15, 0.2) is 53.4 Å². The summed E-state index contributed by atoms with van der Waals surface area (Å²) in [5, 5.41) is 3.26. The van der Waals surface area contributed by atoms with Crippen LogP contribution in [0.2, 0.25) is 0 Å². The highest BCUT2D eigenvalue weighted by molar-refractivity contribution is 7.92. The highest BCUT2D eigenvalue weighted by Crippen LogP contribution is 2.23. The van der Waals surface area contributed by atoms with Gasteiger partial charge in [-0.2, -0.15) is 0 Å². The molecule has 1 aliphatic heterocycles. The Labute approximate surface area is 160 Å². The van der Waals surface area contributed by atoms with Crippen LogP contribution in [-0.2, 0) is 10.0 Å². The van der Waals surface area contributed by atoms with Crippen LogP contribution in [0, 0.1) is 6.92 Å². The average Bonchev–Trinajstić information content (AvgIpc) is 2.68. The molecule has 0 aliphatic carbocycles. The van der Waals surface area contributed by atoms with Crippen molar-refractivity contribution in [1.29, 1.82) is 0 Å². The molecule has 0 aromatic heterocycles. The lowest BCUT2D eigenvalue weighted by atomic mass is 10.1. The molecule has 6 nitrogen and oxygen atoms in total. The van der Waals surface area contributed by atoms with E-state index in [2.05, 4.69) is 5.32 Å². The van der Waals surface area contributed by atoms with Crippen molar-refractivity contribution < 1.29 is 13.2 Å². The van der Waals surface area contributed by atoms with Gasteiger partial charge in [0.25, 0.3) is 15.9 Å². The van der Waals surface area contributed by atoms with E-state index in [-0.39, 0.29) is 16.8 Å². The van der Waals surface area contributed by atoms with Crippen molar-refractivity contribution in [3.8, 4) is 0 Å². The van der Waals surface area contributed by atoms with E-state index in [1.54, 1.807) is 48.5 Å². The van der Waals surface area contributed by atoms with Crippen LogP contribution in [-0.4, -0.2) is 51.9 Å². The summed E-state index contributed by atoms with van der Waals surface area (Å²) in [4.78, 5) is 14.8. The topological polar surface area (TPSA) is 69.7 Å². The number of carbonyl (C=O) groups is 1. The molecule has 2 aromatic carbocycles. The molecule has 2 aromatic rings. The summed E-state index contributed by atoms with van der Waals surface area (Å²) in [6.07, 6.45) is 0. The minimum absolute atomic E-state index is 0.0282. The van der Waals surface area contributed by atoms with E-state index >= 15 is 0 Å². The van der Waals surface area contributed by atoms with Crippen molar-refractivity contribution in [2.24, 2.45) is 0 Å². The lowest BCUT2D eigenvalue weighted by molar-refractivity contribution is 0.0656. The Morgan fingerprint density at radius 3 is 2.33 bits per heavy atom. The second-order valence-electron chi connectivity index (χ2n) is 6.88. The van der Waals surface area contributed by atoms with Crippen LogP contribution < -0.4 is 9.62 Å². The van der Waals surface area contributed by atoms with E-state index in [4.69, 9.17) is 0 Å². The summed E-state index contributed by atoms with van der Waals surface area (Å²) in [5.41, 5.74) is 2.08. The Morgan fingerprint density at radius 1 is 1.11 bits per heavy atom. The number of rotatable bonds is 4. The molecule has 3 rings (SSSR count). The molecule has 0 spiro atoms. The second-order valence-corrected chi connectivity index (χ2v) is 8.85. The molecule has 1 N–H and O–H groups in total. The van der Waals surface area contributed by atoms with E-state index in [0.717, 1.165) is 18.7 Å². The van der Waals surface area contributed by atoms with Crippen LogP contribution in [0.3, 0.4) is 0 Å². The number of hydrogen-bond acceptors (Lipinski definition) is 4. The van der Waals surface area contributed by atoms with E-state index in [9.17, 15) is 13.2 Å². The molecule has 1 atom stereocenters. The fourth-order valence-electron chi connectivity index (χ4n) is 3.13. The minimum atomic E-state index is -3.64. The monoisotopic (exact) mass is 387 g/mol. The number of benzene rings is 2. The largest absolute Gasteiger partial charge is 0.333 e. The van der Waals surface area contributed by atoms with Gasteiger partial charge in [-0.05, 0) is 50.2 Å². The Bertz CT molecular complexity index is 908. The predicted octanol–water partition coefficient (Wildman–Crippen LogP) is 2.25. The zero-order chi connectivity index (χ0) is 19.6. The summed E-state index contributed by atoms with van der Waals surface area (Å²) < 4.78 is 26.8. The minimum Gasteiger partial charge on any atom is -0.333 e. The highest BCUT2D eigenvalue weighted by Gasteiger charge is 2.25. The van der Waals surface area contributed by atoms with Gasteiger partial charge in [-0.1, -0.05) is 17.7 Å². The molecular formula is C20H25N3O3S.